The largest absolute Gasteiger partial charge is 0.356 e. The lowest BCUT2D eigenvalue weighted by molar-refractivity contribution is -0.125. The summed E-state index contributed by atoms with van der Waals surface area (Å²) in [5, 5.41) is 3.13. The van der Waals surface area contributed by atoms with Crippen molar-refractivity contribution < 1.29 is 4.79 Å². The fraction of sp³-hybridized carbons (Fsp3) is 0.962. The standard InChI is InChI=1S/C26H53NO/c1-5-7-8-9-10-11-12-13-14-15-16-17-18-19-20-21-23-27-26(28)25(4)24(3)22-6-2/h24-25H,5-23H2,1-4H3,(H,27,28). The molecule has 0 aromatic rings. The van der Waals surface area contributed by atoms with E-state index < -0.39 is 0 Å². The second-order valence-corrected chi connectivity index (χ2v) is 9.15. The monoisotopic (exact) mass is 395 g/mol. The molecule has 0 aliphatic carbocycles. The molecule has 1 N–H and O–H groups in total. The van der Waals surface area contributed by atoms with Gasteiger partial charge in [-0.1, -0.05) is 137 Å². The first kappa shape index (κ1) is 27.5. The Kier molecular flexibility index (Phi) is 20.8. The second kappa shape index (κ2) is 21.2. The van der Waals surface area contributed by atoms with Crippen LogP contribution < -0.4 is 5.32 Å². The molecule has 0 spiro atoms. The molecule has 168 valence electrons. The van der Waals surface area contributed by atoms with E-state index in [9.17, 15) is 4.79 Å². The van der Waals surface area contributed by atoms with Crippen LogP contribution in [0.5, 0.6) is 0 Å². The maximum Gasteiger partial charge on any atom is 0.223 e. The van der Waals surface area contributed by atoms with Gasteiger partial charge in [-0.15, -0.1) is 0 Å². The smallest absolute Gasteiger partial charge is 0.223 e. The van der Waals surface area contributed by atoms with Gasteiger partial charge in [0, 0.05) is 12.5 Å². The molecule has 0 aliphatic rings. The average molecular weight is 396 g/mol. The summed E-state index contributed by atoms with van der Waals surface area (Å²) >= 11 is 0. The molecule has 28 heavy (non-hydrogen) atoms. The van der Waals surface area contributed by atoms with Crippen molar-refractivity contribution in [3.8, 4) is 0 Å². The van der Waals surface area contributed by atoms with Crippen LogP contribution >= 0.6 is 0 Å². The summed E-state index contributed by atoms with van der Waals surface area (Å²) in [5.41, 5.74) is 0. The Morgan fingerprint density at radius 2 is 1.00 bits per heavy atom. The maximum atomic E-state index is 12.1. The zero-order valence-corrected chi connectivity index (χ0v) is 20.0. The van der Waals surface area contributed by atoms with Crippen LogP contribution in [0.1, 0.15) is 143 Å². The van der Waals surface area contributed by atoms with E-state index in [0.717, 1.165) is 25.8 Å². The van der Waals surface area contributed by atoms with E-state index in [4.69, 9.17) is 0 Å². The van der Waals surface area contributed by atoms with Crippen LogP contribution in [0.25, 0.3) is 0 Å². The van der Waals surface area contributed by atoms with Gasteiger partial charge < -0.3 is 5.32 Å². The van der Waals surface area contributed by atoms with Gasteiger partial charge in [-0.05, 0) is 12.3 Å². The fourth-order valence-corrected chi connectivity index (χ4v) is 4.01. The number of nitrogens with one attached hydrogen (secondary N) is 1. The zero-order chi connectivity index (χ0) is 20.9. The SMILES string of the molecule is CCCCCCCCCCCCCCCCCCNC(=O)C(C)C(C)CCC. The van der Waals surface area contributed by atoms with Crippen LogP contribution in [0.2, 0.25) is 0 Å². The maximum absolute atomic E-state index is 12.1. The molecule has 0 aromatic carbocycles. The number of amides is 1. The molecular formula is C26H53NO. The van der Waals surface area contributed by atoms with Gasteiger partial charge in [-0.2, -0.15) is 0 Å². The molecule has 0 bridgehead atoms. The lowest BCUT2D eigenvalue weighted by atomic mass is 9.91. The van der Waals surface area contributed by atoms with Gasteiger partial charge in [0.2, 0.25) is 5.91 Å². The summed E-state index contributed by atoms with van der Waals surface area (Å²) in [6.07, 6.45) is 24.6. The van der Waals surface area contributed by atoms with Crippen molar-refractivity contribution in [2.75, 3.05) is 6.54 Å². The van der Waals surface area contributed by atoms with Gasteiger partial charge in [0.25, 0.3) is 0 Å². The van der Waals surface area contributed by atoms with Crippen molar-refractivity contribution >= 4 is 5.91 Å². The molecular weight excluding hydrogens is 342 g/mol. The first-order chi connectivity index (χ1) is 13.6. The normalized spacial score (nSPS) is 13.4. The second-order valence-electron chi connectivity index (χ2n) is 9.15. The first-order valence-electron chi connectivity index (χ1n) is 12.9. The molecule has 0 aromatic heterocycles. The highest BCUT2D eigenvalue weighted by Gasteiger charge is 2.18. The summed E-state index contributed by atoms with van der Waals surface area (Å²) in [7, 11) is 0. The van der Waals surface area contributed by atoms with Crippen LogP contribution in [-0.2, 0) is 4.79 Å². The van der Waals surface area contributed by atoms with Crippen molar-refractivity contribution in [3.63, 3.8) is 0 Å². The van der Waals surface area contributed by atoms with Gasteiger partial charge in [-0.3, -0.25) is 4.79 Å². The van der Waals surface area contributed by atoms with Crippen LogP contribution in [0.15, 0.2) is 0 Å². The summed E-state index contributed by atoms with van der Waals surface area (Å²) in [6.45, 7) is 9.61. The van der Waals surface area contributed by atoms with Gasteiger partial charge >= 0.3 is 0 Å². The minimum atomic E-state index is 0.154. The molecule has 0 rings (SSSR count). The number of hydrogen-bond donors (Lipinski definition) is 1. The van der Waals surface area contributed by atoms with Crippen molar-refractivity contribution in [1.29, 1.82) is 0 Å². The topological polar surface area (TPSA) is 29.1 Å². The number of carbonyl (C=O) groups excluding carboxylic acids is 1. The molecule has 2 nitrogen and oxygen atoms in total. The minimum absolute atomic E-state index is 0.154. The molecule has 0 heterocycles. The zero-order valence-electron chi connectivity index (χ0n) is 20.0. The summed E-state index contributed by atoms with van der Waals surface area (Å²) in [4.78, 5) is 12.1. The third-order valence-electron chi connectivity index (χ3n) is 6.34. The predicted molar refractivity (Wildman–Crippen MR) is 126 cm³/mol. The Hall–Kier alpha value is -0.530. The average Bonchev–Trinajstić information content (AvgIpc) is 2.69. The Morgan fingerprint density at radius 1 is 0.607 bits per heavy atom. The van der Waals surface area contributed by atoms with Crippen LogP contribution in [0.3, 0.4) is 0 Å². The van der Waals surface area contributed by atoms with Gasteiger partial charge in [-0.25, -0.2) is 0 Å². The molecule has 1 amide bonds. The summed E-state index contributed by atoms with van der Waals surface area (Å²) in [5.74, 6) is 0.902. The summed E-state index contributed by atoms with van der Waals surface area (Å²) in [6, 6.07) is 0. The van der Waals surface area contributed by atoms with E-state index >= 15 is 0 Å². The van der Waals surface area contributed by atoms with E-state index in [2.05, 4.69) is 33.0 Å². The van der Waals surface area contributed by atoms with Crippen molar-refractivity contribution in [3.05, 3.63) is 0 Å². The van der Waals surface area contributed by atoms with Gasteiger partial charge in [0.05, 0.1) is 0 Å². The molecule has 0 saturated carbocycles. The lowest BCUT2D eigenvalue weighted by Crippen LogP contribution is -2.33. The van der Waals surface area contributed by atoms with E-state index in [-0.39, 0.29) is 11.8 Å². The van der Waals surface area contributed by atoms with Gasteiger partial charge in [0.1, 0.15) is 0 Å². The molecule has 2 atom stereocenters. The Balaban J connectivity index is 3.24. The third-order valence-corrected chi connectivity index (χ3v) is 6.34. The van der Waals surface area contributed by atoms with Crippen molar-refractivity contribution in [1.82, 2.24) is 5.32 Å². The number of rotatable bonds is 21. The van der Waals surface area contributed by atoms with Crippen molar-refractivity contribution in [2.45, 2.75) is 143 Å². The molecule has 0 fully saturated rings. The Labute approximate surface area is 178 Å². The lowest BCUT2D eigenvalue weighted by Gasteiger charge is -2.18. The fourth-order valence-electron chi connectivity index (χ4n) is 4.01. The highest BCUT2D eigenvalue weighted by Crippen LogP contribution is 2.17. The highest BCUT2D eigenvalue weighted by atomic mass is 16.1. The van der Waals surface area contributed by atoms with E-state index in [1.165, 1.54) is 96.3 Å². The molecule has 0 aliphatic heterocycles. The molecule has 2 unspecified atom stereocenters. The van der Waals surface area contributed by atoms with E-state index in [0.29, 0.717) is 5.92 Å². The van der Waals surface area contributed by atoms with Crippen molar-refractivity contribution in [2.24, 2.45) is 11.8 Å². The molecule has 0 radical (unpaired) electrons. The predicted octanol–water partition coefficient (Wildman–Crippen LogP) is 8.44. The molecule has 0 saturated heterocycles. The van der Waals surface area contributed by atoms with E-state index in [1.54, 1.807) is 0 Å². The number of carbonyl (C=O) groups is 1. The first-order valence-corrected chi connectivity index (χ1v) is 12.9. The van der Waals surface area contributed by atoms with E-state index in [1.807, 2.05) is 0 Å². The van der Waals surface area contributed by atoms with Crippen LogP contribution in [-0.4, -0.2) is 12.5 Å². The minimum Gasteiger partial charge on any atom is -0.356 e. The third kappa shape index (κ3) is 17.6. The highest BCUT2D eigenvalue weighted by molar-refractivity contribution is 5.78. The molecule has 2 heteroatoms. The quantitative estimate of drug-likeness (QED) is 0.194. The Bertz CT molecular complexity index is 328. The number of hydrogen-bond acceptors (Lipinski definition) is 1. The Morgan fingerprint density at radius 3 is 1.39 bits per heavy atom. The van der Waals surface area contributed by atoms with Gasteiger partial charge in [0.15, 0.2) is 0 Å². The number of unbranched alkanes of at least 4 members (excludes halogenated alkanes) is 15. The van der Waals surface area contributed by atoms with Crippen LogP contribution in [0.4, 0.5) is 0 Å². The summed E-state index contributed by atoms with van der Waals surface area (Å²) < 4.78 is 0. The van der Waals surface area contributed by atoms with Crippen LogP contribution in [0, 0.1) is 11.8 Å².